The van der Waals surface area contributed by atoms with Gasteiger partial charge in [0.15, 0.2) is 0 Å². The Balaban J connectivity index is 1.68. The molecule has 1 atom stereocenters. The summed E-state index contributed by atoms with van der Waals surface area (Å²) in [6, 6.07) is 3.07. The molecule has 22 heavy (non-hydrogen) atoms. The van der Waals surface area contributed by atoms with Gasteiger partial charge in [0.2, 0.25) is 5.88 Å². The van der Waals surface area contributed by atoms with E-state index in [-0.39, 0.29) is 6.10 Å². The molecule has 0 aromatic carbocycles. The lowest BCUT2D eigenvalue weighted by Gasteiger charge is -2.38. The summed E-state index contributed by atoms with van der Waals surface area (Å²) in [7, 11) is 0. The van der Waals surface area contributed by atoms with E-state index in [9.17, 15) is 14.7 Å². The standard InChI is InChI=1S/C15H18N2O5/c18-13(17-15(14(19)20)4-1-5-15)10-2-6-16-12(8-10)22-11-3-7-21-9-11/h2,6,8,11H,1,3-5,7,9H2,(H,17,18)(H,19,20). The van der Waals surface area contributed by atoms with Gasteiger partial charge in [-0.25, -0.2) is 9.78 Å². The lowest BCUT2D eigenvalue weighted by Crippen LogP contribution is -2.59. The summed E-state index contributed by atoms with van der Waals surface area (Å²) in [5.41, 5.74) is -0.780. The van der Waals surface area contributed by atoms with Gasteiger partial charge in [-0.3, -0.25) is 4.79 Å². The van der Waals surface area contributed by atoms with Gasteiger partial charge >= 0.3 is 5.97 Å². The van der Waals surface area contributed by atoms with Crippen LogP contribution in [0.1, 0.15) is 36.0 Å². The molecule has 2 aliphatic rings. The molecule has 7 heteroatoms. The van der Waals surface area contributed by atoms with Gasteiger partial charge < -0.3 is 19.9 Å². The first-order valence-corrected chi connectivity index (χ1v) is 7.35. The number of aromatic nitrogens is 1. The predicted octanol–water partition coefficient (Wildman–Crippen LogP) is 0.986. The summed E-state index contributed by atoms with van der Waals surface area (Å²) in [5, 5.41) is 11.9. The number of pyridine rings is 1. The fourth-order valence-corrected chi connectivity index (χ4v) is 2.60. The van der Waals surface area contributed by atoms with Crippen molar-refractivity contribution in [2.24, 2.45) is 0 Å². The second kappa shape index (κ2) is 5.92. The zero-order valence-electron chi connectivity index (χ0n) is 12.1. The molecule has 1 aromatic heterocycles. The second-order valence-electron chi connectivity index (χ2n) is 5.68. The zero-order chi connectivity index (χ0) is 15.6. The van der Waals surface area contributed by atoms with Crippen molar-refractivity contribution in [2.75, 3.05) is 13.2 Å². The Morgan fingerprint density at radius 1 is 1.45 bits per heavy atom. The van der Waals surface area contributed by atoms with E-state index >= 15 is 0 Å². The molecule has 1 aliphatic heterocycles. The lowest BCUT2D eigenvalue weighted by molar-refractivity contribution is -0.148. The molecule has 0 radical (unpaired) electrons. The van der Waals surface area contributed by atoms with E-state index in [1.807, 2.05) is 0 Å². The third-order valence-corrected chi connectivity index (χ3v) is 4.14. The van der Waals surface area contributed by atoms with Crippen molar-refractivity contribution >= 4 is 11.9 Å². The van der Waals surface area contributed by atoms with E-state index in [4.69, 9.17) is 9.47 Å². The fourth-order valence-electron chi connectivity index (χ4n) is 2.60. The van der Waals surface area contributed by atoms with E-state index in [2.05, 4.69) is 10.3 Å². The van der Waals surface area contributed by atoms with Crippen LogP contribution < -0.4 is 10.1 Å². The summed E-state index contributed by atoms with van der Waals surface area (Å²) in [6.07, 6.45) is 3.94. The number of aliphatic carboxylic acids is 1. The van der Waals surface area contributed by atoms with Crippen LogP contribution in [0.4, 0.5) is 0 Å². The topological polar surface area (TPSA) is 97.8 Å². The minimum absolute atomic E-state index is 0.0530. The van der Waals surface area contributed by atoms with E-state index in [0.29, 0.717) is 37.5 Å². The van der Waals surface area contributed by atoms with Gasteiger partial charge in [-0.15, -0.1) is 0 Å². The normalized spacial score (nSPS) is 22.6. The second-order valence-corrected chi connectivity index (χ2v) is 5.68. The van der Waals surface area contributed by atoms with Crippen LogP contribution in [-0.4, -0.2) is 46.8 Å². The van der Waals surface area contributed by atoms with E-state index in [1.165, 1.54) is 12.3 Å². The van der Waals surface area contributed by atoms with Gasteiger partial charge in [0.1, 0.15) is 11.6 Å². The molecule has 1 amide bonds. The highest BCUT2D eigenvalue weighted by Crippen LogP contribution is 2.32. The van der Waals surface area contributed by atoms with Crippen LogP contribution in [0.15, 0.2) is 18.3 Å². The Morgan fingerprint density at radius 2 is 2.27 bits per heavy atom. The van der Waals surface area contributed by atoms with Gasteiger partial charge in [-0.1, -0.05) is 0 Å². The number of nitrogens with one attached hydrogen (secondary N) is 1. The molecular weight excluding hydrogens is 288 g/mol. The van der Waals surface area contributed by atoms with Gasteiger partial charge in [-0.05, 0) is 25.3 Å². The number of hydrogen-bond donors (Lipinski definition) is 2. The molecule has 0 bridgehead atoms. The molecule has 7 nitrogen and oxygen atoms in total. The molecular formula is C15H18N2O5. The van der Waals surface area contributed by atoms with Crippen molar-refractivity contribution < 1.29 is 24.2 Å². The third kappa shape index (κ3) is 2.89. The third-order valence-electron chi connectivity index (χ3n) is 4.14. The summed E-state index contributed by atoms with van der Waals surface area (Å²) >= 11 is 0. The van der Waals surface area contributed by atoms with Gasteiger partial charge in [0.25, 0.3) is 5.91 Å². The minimum atomic E-state index is -1.12. The van der Waals surface area contributed by atoms with Crippen molar-refractivity contribution in [3.8, 4) is 5.88 Å². The van der Waals surface area contributed by atoms with Crippen molar-refractivity contribution in [3.63, 3.8) is 0 Å². The molecule has 1 unspecified atom stereocenters. The summed E-state index contributed by atoms with van der Waals surface area (Å²) in [6.45, 7) is 1.17. The van der Waals surface area contributed by atoms with Crippen molar-refractivity contribution in [1.82, 2.24) is 10.3 Å². The Bertz CT molecular complexity index is 579. The fraction of sp³-hybridized carbons (Fsp3) is 0.533. The van der Waals surface area contributed by atoms with Crippen LogP contribution in [-0.2, 0) is 9.53 Å². The predicted molar refractivity (Wildman–Crippen MR) is 75.8 cm³/mol. The molecule has 2 fully saturated rings. The average Bonchev–Trinajstić information content (AvgIpc) is 2.95. The summed E-state index contributed by atoms with van der Waals surface area (Å²) < 4.78 is 10.9. The maximum atomic E-state index is 12.3. The largest absolute Gasteiger partial charge is 0.480 e. The monoisotopic (exact) mass is 306 g/mol. The Labute approximate surface area is 127 Å². The molecule has 3 rings (SSSR count). The van der Waals surface area contributed by atoms with Crippen LogP contribution in [0.3, 0.4) is 0 Å². The Hall–Kier alpha value is -2.15. The van der Waals surface area contributed by atoms with Crippen LogP contribution in [0, 0.1) is 0 Å². The maximum Gasteiger partial charge on any atom is 0.329 e. The molecule has 118 valence electrons. The number of nitrogens with zero attached hydrogens (tertiary/aromatic N) is 1. The van der Waals surface area contributed by atoms with Gasteiger partial charge in [-0.2, -0.15) is 0 Å². The number of hydrogen-bond acceptors (Lipinski definition) is 5. The SMILES string of the molecule is O=C(NC1(C(=O)O)CCC1)c1ccnc(OC2CCOC2)c1. The summed E-state index contributed by atoms with van der Waals surface area (Å²) in [5.74, 6) is -1.06. The lowest BCUT2D eigenvalue weighted by atomic mass is 9.76. The first kappa shape index (κ1) is 14.8. The zero-order valence-corrected chi connectivity index (χ0v) is 12.1. The highest BCUT2D eigenvalue weighted by molar-refractivity contribution is 5.98. The number of carboxylic acid groups (broad SMARTS) is 1. The first-order chi connectivity index (χ1) is 10.6. The number of ether oxygens (including phenoxy) is 2. The Morgan fingerprint density at radius 3 is 2.86 bits per heavy atom. The first-order valence-electron chi connectivity index (χ1n) is 7.35. The van der Waals surface area contributed by atoms with Crippen LogP contribution in [0.25, 0.3) is 0 Å². The smallest absolute Gasteiger partial charge is 0.329 e. The molecule has 1 aliphatic carbocycles. The molecule has 2 heterocycles. The molecule has 1 aromatic rings. The van der Waals surface area contributed by atoms with Gasteiger partial charge in [0.05, 0.1) is 13.2 Å². The molecule has 2 N–H and O–H groups in total. The van der Waals surface area contributed by atoms with E-state index in [1.54, 1.807) is 6.07 Å². The van der Waals surface area contributed by atoms with Crippen molar-refractivity contribution in [2.45, 2.75) is 37.3 Å². The number of rotatable bonds is 5. The van der Waals surface area contributed by atoms with Crippen LogP contribution >= 0.6 is 0 Å². The number of amides is 1. The number of carbonyl (C=O) groups excluding carboxylic acids is 1. The quantitative estimate of drug-likeness (QED) is 0.842. The highest BCUT2D eigenvalue weighted by atomic mass is 16.5. The number of carbonyl (C=O) groups is 2. The maximum absolute atomic E-state index is 12.3. The number of carboxylic acids is 1. The molecule has 1 saturated heterocycles. The van der Waals surface area contributed by atoms with E-state index < -0.39 is 17.4 Å². The average molecular weight is 306 g/mol. The van der Waals surface area contributed by atoms with Crippen molar-refractivity contribution in [1.29, 1.82) is 0 Å². The molecule has 1 saturated carbocycles. The van der Waals surface area contributed by atoms with Crippen LogP contribution in [0.2, 0.25) is 0 Å². The van der Waals surface area contributed by atoms with E-state index in [0.717, 1.165) is 12.8 Å². The summed E-state index contributed by atoms with van der Waals surface area (Å²) in [4.78, 5) is 27.6. The Kier molecular flexibility index (Phi) is 3.98. The highest BCUT2D eigenvalue weighted by Gasteiger charge is 2.45. The minimum Gasteiger partial charge on any atom is -0.480 e. The molecule has 0 spiro atoms. The van der Waals surface area contributed by atoms with Crippen molar-refractivity contribution in [3.05, 3.63) is 23.9 Å². The van der Waals surface area contributed by atoms with Crippen LogP contribution in [0.5, 0.6) is 5.88 Å². The van der Waals surface area contributed by atoms with Gasteiger partial charge in [0, 0.05) is 24.2 Å².